The van der Waals surface area contributed by atoms with Gasteiger partial charge in [-0.05, 0) is 30.2 Å². The molecule has 0 saturated carbocycles. The van der Waals surface area contributed by atoms with Crippen molar-refractivity contribution >= 4 is 12.4 Å². The normalized spacial score (nSPS) is 12.8. The molecule has 0 bridgehead atoms. The van der Waals surface area contributed by atoms with Crippen molar-refractivity contribution in [2.75, 3.05) is 13.7 Å². The SMILES string of the molecule is COc1ccc([C@H](N)C(F)(F)CO)c(C)c1.Cl. The molecule has 1 aromatic rings. The highest BCUT2D eigenvalue weighted by atomic mass is 35.5. The number of benzene rings is 1. The third-order valence-electron chi connectivity index (χ3n) is 2.48. The van der Waals surface area contributed by atoms with Crippen LogP contribution in [0.5, 0.6) is 5.75 Å². The maximum absolute atomic E-state index is 13.2. The van der Waals surface area contributed by atoms with Crippen LogP contribution in [-0.4, -0.2) is 24.7 Å². The summed E-state index contributed by atoms with van der Waals surface area (Å²) in [6.07, 6.45) is 0. The molecule has 0 spiro atoms. The second kappa shape index (κ2) is 6.14. The van der Waals surface area contributed by atoms with Crippen molar-refractivity contribution in [2.24, 2.45) is 5.73 Å². The van der Waals surface area contributed by atoms with E-state index in [0.717, 1.165) is 0 Å². The Balaban J connectivity index is 0.00000256. The van der Waals surface area contributed by atoms with Gasteiger partial charge in [-0.25, -0.2) is 8.78 Å². The smallest absolute Gasteiger partial charge is 0.289 e. The number of aliphatic hydroxyl groups excluding tert-OH is 1. The molecule has 0 amide bonds. The third kappa shape index (κ3) is 3.52. The Kier molecular flexibility index (Phi) is 5.81. The lowest BCUT2D eigenvalue weighted by molar-refractivity contribution is -0.0713. The number of methoxy groups -OCH3 is 1. The Morgan fingerprint density at radius 3 is 2.47 bits per heavy atom. The molecule has 0 aliphatic carbocycles. The van der Waals surface area contributed by atoms with Gasteiger partial charge in [0.15, 0.2) is 0 Å². The fraction of sp³-hybridized carbons (Fsp3) is 0.455. The van der Waals surface area contributed by atoms with Crippen molar-refractivity contribution in [1.82, 2.24) is 0 Å². The summed E-state index contributed by atoms with van der Waals surface area (Å²) >= 11 is 0. The van der Waals surface area contributed by atoms with Gasteiger partial charge in [-0.1, -0.05) is 6.07 Å². The van der Waals surface area contributed by atoms with Crippen LogP contribution >= 0.6 is 12.4 Å². The van der Waals surface area contributed by atoms with E-state index in [-0.39, 0.29) is 12.4 Å². The highest BCUT2D eigenvalue weighted by Gasteiger charge is 2.37. The number of hydrogen-bond donors (Lipinski definition) is 2. The van der Waals surface area contributed by atoms with Gasteiger partial charge in [-0.2, -0.15) is 0 Å². The Morgan fingerprint density at radius 1 is 1.47 bits per heavy atom. The summed E-state index contributed by atoms with van der Waals surface area (Å²) in [7, 11) is 1.50. The van der Waals surface area contributed by atoms with Crippen LogP contribution in [0.4, 0.5) is 8.78 Å². The number of aliphatic hydroxyl groups is 1. The first-order chi connectivity index (χ1) is 7.42. The first-order valence-electron chi connectivity index (χ1n) is 4.81. The van der Waals surface area contributed by atoms with Gasteiger partial charge in [-0.15, -0.1) is 12.4 Å². The molecule has 0 saturated heterocycles. The lowest BCUT2D eigenvalue weighted by atomic mass is 9.97. The molecule has 98 valence electrons. The molecule has 0 fully saturated rings. The quantitative estimate of drug-likeness (QED) is 0.878. The molecule has 0 radical (unpaired) electrons. The van der Waals surface area contributed by atoms with Gasteiger partial charge in [0.1, 0.15) is 12.4 Å². The fourth-order valence-electron chi connectivity index (χ4n) is 1.45. The molecule has 0 aliphatic heterocycles. The average molecular weight is 268 g/mol. The summed E-state index contributed by atoms with van der Waals surface area (Å²) in [5.74, 6) is -2.74. The molecule has 0 heterocycles. The van der Waals surface area contributed by atoms with Crippen LogP contribution in [0.2, 0.25) is 0 Å². The second-order valence-electron chi connectivity index (χ2n) is 3.62. The number of aryl methyl sites for hydroxylation is 1. The van der Waals surface area contributed by atoms with Crippen LogP contribution in [0.25, 0.3) is 0 Å². The van der Waals surface area contributed by atoms with E-state index in [2.05, 4.69) is 0 Å². The zero-order valence-corrected chi connectivity index (χ0v) is 10.4. The van der Waals surface area contributed by atoms with E-state index in [1.165, 1.54) is 13.2 Å². The van der Waals surface area contributed by atoms with Crippen molar-refractivity contribution in [2.45, 2.75) is 18.9 Å². The number of hydrogen-bond acceptors (Lipinski definition) is 3. The number of halogens is 3. The van der Waals surface area contributed by atoms with Crippen LogP contribution in [0.1, 0.15) is 17.2 Å². The van der Waals surface area contributed by atoms with Crippen LogP contribution < -0.4 is 10.5 Å². The Labute approximate surface area is 105 Å². The fourth-order valence-corrected chi connectivity index (χ4v) is 1.45. The van der Waals surface area contributed by atoms with E-state index in [0.29, 0.717) is 16.9 Å². The van der Waals surface area contributed by atoms with Gasteiger partial charge >= 0.3 is 0 Å². The lowest BCUT2D eigenvalue weighted by Gasteiger charge is -2.23. The van der Waals surface area contributed by atoms with Gasteiger partial charge in [0, 0.05) is 0 Å². The Morgan fingerprint density at radius 2 is 2.06 bits per heavy atom. The molecule has 6 heteroatoms. The maximum Gasteiger partial charge on any atom is 0.289 e. The van der Waals surface area contributed by atoms with Gasteiger partial charge in [0.2, 0.25) is 0 Å². The first kappa shape index (κ1) is 16.1. The van der Waals surface area contributed by atoms with Crippen LogP contribution in [-0.2, 0) is 0 Å². The molecule has 0 aliphatic rings. The maximum atomic E-state index is 13.2. The van der Waals surface area contributed by atoms with Crippen molar-refractivity contribution < 1.29 is 18.6 Å². The van der Waals surface area contributed by atoms with E-state index in [1.54, 1.807) is 19.1 Å². The van der Waals surface area contributed by atoms with Crippen molar-refractivity contribution in [3.63, 3.8) is 0 Å². The van der Waals surface area contributed by atoms with Gasteiger partial charge < -0.3 is 15.6 Å². The molecule has 1 aromatic carbocycles. The molecule has 3 nitrogen and oxygen atoms in total. The molecular formula is C11H16ClF2NO2. The van der Waals surface area contributed by atoms with E-state index in [1.807, 2.05) is 0 Å². The van der Waals surface area contributed by atoms with Crippen LogP contribution in [0.3, 0.4) is 0 Å². The van der Waals surface area contributed by atoms with Crippen LogP contribution in [0, 0.1) is 6.92 Å². The Bertz CT molecular complexity index is 374. The summed E-state index contributed by atoms with van der Waals surface area (Å²) in [6, 6.07) is 3.17. The molecule has 0 unspecified atom stereocenters. The van der Waals surface area contributed by atoms with E-state index in [9.17, 15) is 8.78 Å². The molecule has 1 rings (SSSR count). The number of alkyl halides is 2. The first-order valence-corrected chi connectivity index (χ1v) is 4.81. The summed E-state index contributed by atoms with van der Waals surface area (Å²) in [6.45, 7) is 0.408. The molecular weight excluding hydrogens is 252 g/mol. The minimum absolute atomic E-state index is 0. The number of ether oxygens (including phenoxy) is 1. The third-order valence-corrected chi connectivity index (χ3v) is 2.48. The average Bonchev–Trinajstić information content (AvgIpc) is 2.28. The highest BCUT2D eigenvalue weighted by Crippen LogP contribution is 2.31. The number of nitrogens with two attached hydrogens (primary N) is 1. The van der Waals surface area contributed by atoms with Crippen molar-refractivity contribution in [1.29, 1.82) is 0 Å². The zero-order valence-electron chi connectivity index (χ0n) is 9.61. The zero-order chi connectivity index (χ0) is 12.3. The lowest BCUT2D eigenvalue weighted by Crippen LogP contribution is -2.36. The van der Waals surface area contributed by atoms with E-state index < -0.39 is 18.6 Å². The topological polar surface area (TPSA) is 55.5 Å². The summed E-state index contributed by atoms with van der Waals surface area (Å²) in [5, 5.41) is 8.56. The molecule has 0 aromatic heterocycles. The summed E-state index contributed by atoms with van der Waals surface area (Å²) in [5.41, 5.74) is 6.34. The van der Waals surface area contributed by atoms with Crippen molar-refractivity contribution in [3.8, 4) is 5.75 Å². The Hall–Kier alpha value is -0.910. The van der Waals surface area contributed by atoms with E-state index >= 15 is 0 Å². The van der Waals surface area contributed by atoms with E-state index in [4.69, 9.17) is 15.6 Å². The predicted octanol–water partition coefficient (Wildman–Crippen LogP) is 2.05. The highest BCUT2D eigenvalue weighted by molar-refractivity contribution is 5.85. The van der Waals surface area contributed by atoms with Crippen molar-refractivity contribution in [3.05, 3.63) is 29.3 Å². The summed E-state index contributed by atoms with van der Waals surface area (Å²) < 4.78 is 31.3. The summed E-state index contributed by atoms with van der Waals surface area (Å²) in [4.78, 5) is 0. The minimum Gasteiger partial charge on any atom is -0.497 e. The molecule has 17 heavy (non-hydrogen) atoms. The predicted molar refractivity (Wildman–Crippen MR) is 63.9 cm³/mol. The second-order valence-corrected chi connectivity index (χ2v) is 3.62. The van der Waals surface area contributed by atoms with Gasteiger partial charge in [-0.3, -0.25) is 0 Å². The standard InChI is InChI=1S/C11H15F2NO2.ClH/c1-7-5-8(16-2)3-4-9(7)10(14)11(12,13)6-15;/h3-5,10,15H,6,14H2,1-2H3;1H/t10-;/m0./s1. The molecule has 1 atom stereocenters. The largest absolute Gasteiger partial charge is 0.497 e. The van der Waals surface area contributed by atoms with Gasteiger partial charge in [0.25, 0.3) is 5.92 Å². The van der Waals surface area contributed by atoms with Gasteiger partial charge in [0.05, 0.1) is 13.2 Å². The number of rotatable bonds is 4. The van der Waals surface area contributed by atoms with Crippen LogP contribution in [0.15, 0.2) is 18.2 Å². The molecule has 3 N–H and O–H groups in total. The minimum atomic E-state index is -3.32. The monoisotopic (exact) mass is 267 g/mol.